The lowest BCUT2D eigenvalue weighted by Gasteiger charge is -2.09. The molecule has 0 radical (unpaired) electrons. The second-order valence-electron chi connectivity index (χ2n) is 3.09. The summed E-state index contributed by atoms with van der Waals surface area (Å²) in [5.74, 6) is -0.342. The Kier molecular flexibility index (Phi) is 4.33. The number of ether oxygens (including phenoxy) is 2. The van der Waals surface area contributed by atoms with Crippen molar-refractivity contribution < 1.29 is 23.9 Å². The van der Waals surface area contributed by atoms with E-state index in [0.29, 0.717) is 11.5 Å². The molecule has 0 aliphatic heterocycles. The summed E-state index contributed by atoms with van der Waals surface area (Å²) < 4.78 is 10.0. The van der Waals surface area contributed by atoms with E-state index in [1.54, 1.807) is 12.1 Å². The lowest BCUT2D eigenvalue weighted by atomic mass is 10.2. The molecule has 0 aliphatic carbocycles. The van der Waals surface area contributed by atoms with Crippen molar-refractivity contribution in [3.8, 4) is 11.5 Å². The average Bonchev–Trinajstić information content (AvgIpc) is 2.34. The Labute approximate surface area is 98.4 Å². The highest BCUT2D eigenvalue weighted by Gasteiger charge is 2.14. The van der Waals surface area contributed by atoms with Gasteiger partial charge in [0.15, 0.2) is 0 Å². The highest BCUT2D eigenvalue weighted by molar-refractivity contribution is 5.97. The summed E-state index contributed by atoms with van der Waals surface area (Å²) in [5.41, 5.74) is 2.22. The van der Waals surface area contributed by atoms with Gasteiger partial charge >= 0.3 is 5.97 Å². The molecule has 0 spiro atoms. The van der Waals surface area contributed by atoms with Gasteiger partial charge in [-0.3, -0.25) is 9.59 Å². The Morgan fingerprint density at radius 3 is 2.41 bits per heavy atom. The molecule has 0 bridgehead atoms. The SMILES string of the molecule is COc1ccc(OC)c(C(=O)NOC(C)=O)c1. The highest BCUT2D eigenvalue weighted by atomic mass is 16.7. The van der Waals surface area contributed by atoms with Gasteiger partial charge in [0, 0.05) is 6.92 Å². The molecule has 1 rings (SSSR count). The van der Waals surface area contributed by atoms with Crippen molar-refractivity contribution >= 4 is 11.9 Å². The Balaban J connectivity index is 2.93. The predicted molar refractivity (Wildman–Crippen MR) is 58.8 cm³/mol. The van der Waals surface area contributed by atoms with E-state index < -0.39 is 11.9 Å². The van der Waals surface area contributed by atoms with Crippen molar-refractivity contribution in [2.45, 2.75) is 6.92 Å². The molecular formula is C11H13NO5. The Morgan fingerprint density at radius 1 is 1.18 bits per heavy atom. The fourth-order valence-electron chi connectivity index (χ4n) is 1.16. The first-order valence-corrected chi connectivity index (χ1v) is 4.78. The van der Waals surface area contributed by atoms with Gasteiger partial charge in [-0.1, -0.05) is 0 Å². The molecule has 1 aromatic carbocycles. The molecule has 92 valence electrons. The van der Waals surface area contributed by atoms with E-state index in [2.05, 4.69) is 4.84 Å². The largest absolute Gasteiger partial charge is 0.497 e. The molecule has 0 aromatic heterocycles. The van der Waals surface area contributed by atoms with E-state index in [1.807, 2.05) is 5.48 Å². The molecule has 0 heterocycles. The lowest BCUT2D eigenvalue weighted by Crippen LogP contribution is -2.26. The standard InChI is InChI=1S/C11H13NO5/c1-7(13)17-12-11(14)9-6-8(15-2)4-5-10(9)16-3/h4-6H,1-3H3,(H,12,14). The number of rotatable bonds is 3. The second kappa shape index (κ2) is 5.74. The predicted octanol–water partition coefficient (Wildman–Crippen LogP) is 0.912. The van der Waals surface area contributed by atoms with E-state index >= 15 is 0 Å². The molecule has 0 saturated heterocycles. The van der Waals surface area contributed by atoms with Crippen molar-refractivity contribution in [3.05, 3.63) is 23.8 Å². The van der Waals surface area contributed by atoms with Gasteiger partial charge in [-0.15, -0.1) is 0 Å². The summed E-state index contributed by atoms with van der Waals surface area (Å²) in [6.07, 6.45) is 0. The van der Waals surface area contributed by atoms with Gasteiger partial charge in [0.05, 0.1) is 19.8 Å². The third kappa shape index (κ3) is 3.37. The molecule has 0 aliphatic rings. The fourth-order valence-corrected chi connectivity index (χ4v) is 1.16. The van der Waals surface area contributed by atoms with E-state index in [1.165, 1.54) is 27.2 Å². The summed E-state index contributed by atoms with van der Waals surface area (Å²) in [5, 5.41) is 0. The molecule has 1 N–H and O–H groups in total. The van der Waals surface area contributed by atoms with Gasteiger partial charge in [0.1, 0.15) is 11.5 Å². The quantitative estimate of drug-likeness (QED) is 0.793. The van der Waals surface area contributed by atoms with E-state index in [9.17, 15) is 9.59 Å². The molecular weight excluding hydrogens is 226 g/mol. The number of benzene rings is 1. The maximum atomic E-state index is 11.7. The van der Waals surface area contributed by atoms with Gasteiger partial charge in [-0.2, -0.15) is 5.48 Å². The minimum Gasteiger partial charge on any atom is -0.497 e. The Bertz CT molecular complexity index is 430. The highest BCUT2D eigenvalue weighted by Crippen LogP contribution is 2.23. The molecule has 6 nitrogen and oxygen atoms in total. The van der Waals surface area contributed by atoms with Gasteiger partial charge in [0.2, 0.25) is 0 Å². The molecule has 1 aromatic rings. The van der Waals surface area contributed by atoms with Gasteiger partial charge in [0.25, 0.3) is 5.91 Å². The summed E-state index contributed by atoms with van der Waals surface area (Å²) >= 11 is 0. The summed E-state index contributed by atoms with van der Waals surface area (Å²) in [6.45, 7) is 1.18. The van der Waals surface area contributed by atoms with Gasteiger partial charge < -0.3 is 14.3 Å². The zero-order valence-corrected chi connectivity index (χ0v) is 9.77. The topological polar surface area (TPSA) is 73.9 Å². The molecule has 6 heteroatoms. The zero-order valence-electron chi connectivity index (χ0n) is 9.77. The molecule has 0 saturated carbocycles. The van der Waals surface area contributed by atoms with Crippen LogP contribution < -0.4 is 15.0 Å². The van der Waals surface area contributed by atoms with Gasteiger partial charge in [-0.25, -0.2) is 0 Å². The van der Waals surface area contributed by atoms with Crippen molar-refractivity contribution in [3.63, 3.8) is 0 Å². The monoisotopic (exact) mass is 239 g/mol. The fraction of sp³-hybridized carbons (Fsp3) is 0.273. The second-order valence-corrected chi connectivity index (χ2v) is 3.09. The number of hydrogen-bond donors (Lipinski definition) is 1. The Hall–Kier alpha value is -2.24. The minimum absolute atomic E-state index is 0.216. The van der Waals surface area contributed by atoms with Crippen LogP contribution in [0.15, 0.2) is 18.2 Å². The molecule has 17 heavy (non-hydrogen) atoms. The van der Waals surface area contributed by atoms with Crippen molar-refractivity contribution in [2.75, 3.05) is 14.2 Å². The van der Waals surface area contributed by atoms with E-state index in [4.69, 9.17) is 9.47 Å². The van der Waals surface area contributed by atoms with Crippen molar-refractivity contribution in [1.29, 1.82) is 0 Å². The van der Waals surface area contributed by atoms with Crippen LogP contribution in [0.3, 0.4) is 0 Å². The lowest BCUT2D eigenvalue weighted by molar-refractivity contribution is -0.146. The zero-order chi connectivity index (χ0) is 12.8. The number of carbonyl (C=O) groups is 2. The molecule has 1 amide bonds. The first kappa shape index (κ1) is 12.8. The molecule has 0 fully saturated rings. The van der Waals surface area contributed by atoms with E-state index in [-0.39, 0.29) is 5.56 Å². The number of hydroxylamine groups is 1. The van der Waals surface area contributed by atoms with Crippen LogP contribution in [0.4, 0.5) is 0 Å². The first-order valence-electron chi connectivity index (χ1n) is 4.78. The van der Waals surface area contributed by atoms with Crippen molar-refractivity contribution in [1.82, 2.24) is 5.48 Å². The summed E-state index contributed by atoms with van der Waals surface area (Å²) in [7, 11) is 2.92. The smallest absolute Gasteiger partial charge is 0.329 e. The average molecular weight is 239 g/mol. The number of carbonyl (C=O) groups excluding carboxylic acids is 2. The van der Waals surface area contributed by atoms with Crippen LogP contribution in [0.2, 0.25) is 0 Å². The normalized spacial score (nSPS) is 9.35. The summed E-state index contributed by atoms with van der Waals surface area (Å²) in [4.78, 5) is 26.6. The van der Waals surface area contributed by atoms with Crippen LogP contribution in [-0.4, -0.2) is 26.1 Å². The van der Waals surface area contributed by atoms with Crippen LogP contribution in [-0.2, 0) is 9.63 Å². The third-order valence-electron chi connectivity index (χ3n) is 1.94. The number of amides is 1. The summed E-state index contributed by atoms with van der Waals surface area (Å²) in [6, 6.07) is 4.72. The molecule has 0 atom stereocenters. The maximum absolute atomic E-state index is 11.7. The third-order valence-corrected chi connectivity index (χ3v) is 1.94. The van der Waals surface area contributed by atoms with Crippen LogP contribution in [0, 0.1) is 0 Å². The number of nitrogens with one attached hydrogen (secondary N) is 1. The minimum atomic E-state index is -0.611. The van der Waals surface area contributed by atoms with Crippen LogP contribution in [0.1, 0.15) is 17.3 Å². The maximum Gasteiger partial charge on any atom is 0.329 e. The number of hydrogen-bond acceptors (Lipinski definition) is 5. The van der Waals surface area contributed by atoms with Crippen molar-refractivity contribution in [2.24, 2.45) is 0 Å². The molecule has 0 unspecified atom stereocenters. The van der Waals surface area contributed by atoms with Gasteiger partial charge in [-0.05, 0) is 18.2 Å². The van der Waals surface area contributed by atoms with Crippen LogP contribution in [0.5, 0.6) is 11.5 Å². The Morgan fingerprint density at radius 2 is 1.88 bits per heavy atom. The van der Waals surface area contributed by atoms with Crippen LogP contribution >= 0.6 is 0 Å². The van der Waals surface area contributed by atoms with E-state index in [0.717, 1.165) is 0 Å². The van der Waals surface area contributed by atoms with Crippen LogP contribution in [0.25, 0.3) is 0 Å². The number of methoxy groups -OCH3 is 2. The first-order chi connectivity index (χ1) is 8.08.